The molecule has 1 fully saturated rings. The Bertz CT molecular complexity index is 697. The number of amides is 1. The third-order valence-corrected chi connectivity index (χ3v) is 6.22. The zero-order valence-electron chi connectivity index (χ0n) is 12.1. The fourth-order valence-corrected chi connectivity index (χ4v) is 4.67. The lowest BCUT2D eigenvalue weighted by molar-refractivity contribution is -0.131. The van der Waals surface area contributed by atoms with Crippen LogP contribution in [0.1, 0.15) is 19.4 Å². The van der Waals surface area contributed by atoms with Crippen molar-refractivity contribution in [3.63, 3.8) is 0 Å². The monoisotopic (exact) mass is 309 g/mol. The number of benzene rings is 1. The zero-order chi connectivity index (χ0) is 15.3. The number of carbonyl (C=O) groups excluding carboxylic acids is 1. The third-order valence-electron chi connectivity index (χ3n) is 4.15. The van der Waals surface area contributed by atoms with Crippen molar-refractivity contribution >= 4 is 21.6 Å². The largest absolute Gasteiger partial charge is 0.384 e. The minimum Gasteiger partial charge on any atom is -0.384 e. The highest BCUT2D eigenvalue weighted by Gasteiger charge is 2.44. The summed E-state index contributed by atoms with van der Waals surface area (Å²) in [6.07, 6.45) is 0.822. The molecule has 21 heavy (non-hydrogen) atoms. The van der Waals surface area contributed by atoms with Gasteiger partial charge >= 0.3 is 0 Å². The molecule has 3 rings (SSSR count). The molecule has 0 unspecified atom stereocenters. The lowest BCUT2D eigenvalue weighted by atomic mass is 10.0. The summed E-state index contributed by atoms with van der Waals surface area (Å²) in [5.74, 6) is -0.264. The van der Waals surface area contributed by atoms with Crippen molar-refractivity contribution in [2.45, 2.75) is 30.7 Å². The van der Waals surface area contributed by atoms with Gasteiger partial charge in [0.1, 0.15) is 5.54 Å². The van der Waals surface area contributed by atoms with Crippen molar-refractivity contribution < 1.29 is 13.2 Å². The summed E-state index contributed by atoms with van der Waals surface area (Å²) >= 11 is 0. The molecule has 6 nitrogen and oxygen atoms in total. The molecule has 1 saturated heterocycles. The minimum atomic E-state index is -3.68. The average Bonchev–Trinajstić information content (AvgIpc) is 2.88. The maximum absolute atomic E-state index is 12.9. The molecule has 2 aliphatic heterocycles. The molecule has 1 aromatic rings. The van der Waals surface area contributed by atoms with Crippen LogP contribution in [0.3, 0.4) is 0 Å². The predicted octanol–water partition coefficient (Wildman–Crippen LogP) is 0.554. The average molecular weight is 309 g/mol. The number of hydrogen-bond donors (Lipinski definition) is 2. The smallest absolute Gasteiger partial charge is 0.244 e. The number of rotatable bonds is 2. The molecule has 7 heteroatoms. The van der Waals surface area contributed by atoms with E-state index >= 15 is 0 Å². The summed E-state index contributed by atoms with van der Waals surface area (Å²) < 4.78 is 27.0. The van der Waals surface area contributed by atoms with Gasteiger partial charge in [-0.2, -0.15) is 4.31 Å². The topological polar surface area (TPSA) is 78.5 Å². The van der Waals surface area contributed by atoms with Crippen LogP contribution in [0.5, 0.6) is 0 Å². The molecule has 0 atom stereocenters. The minimum absolute atomic E-state index is 0.257. The van der Waals surface area contributed by atoms with Crippen LogP contribution < -0.4 is 10.6 Å². The van der Waals surface area contributed by atoms with Crippen LogP contribution in [0.2, 0.25) is 0 Å². The predicted molar refractivity (Wildman–Crippen MR) is 79.6 cm³/mol. The van der Waals surface area contributed by atoms with Crippen LogP contribution in [0, 0.1) is 0 Å². The summed E-state index contributed by atoms with van der Waals surface area (Å²) in [4.78, 5) is 12.2. The number of piperazine rings is 1. The van der Waals surface area contributed by atoms with Crippen LogP contribution in [0.15, 0.2) is 23.1 Å². The first-order valence-corrected chi connectivity index (χ1v) is 8.45. The highest BCUT2D eigenvalue weighted by molar-refractivity contribution is 7.89. The Hall–Kier alpha value is -1.60. The van der Waals surface area contributed by atoms with Crippen molar-refractivity contribution in [2.75, 3.05) is 25.0 Å². The van der Waals surface area contributed by atoms with Gasteiger partial charge in [-0.15, -0.1) is 0 Å². The van der Waals surface area contributed by atoms with Crippen molar-refractivity contribution in [1.82, 2.24) is 9.62 Å². The third kappa shape index (κ3) is 2.20. The number of anilines is 1. The van der Waals surface area contributed by atoms with E-state index in [1.165, 1.54) is 4.31 Å². The molecule has 2 aliphatic rings. The molecular weight excluding hydrogens is 290 g/mol. The SMILES string of the molecule is CC1(C)C(=O)NCCN1S(=O)(=O)c1ccc2c(c1)CCN2. The molecule has 1 amide bonds. The molecule has 1 aromatic carbocycles. The summed E-state index contributed by atoms with van der Waals surface area (Å²) in [6.45, 7) is 4.72. The first kappa shape index (κ1) is 14.3. The van der Waals surface area contributed by atoms with Crippen LogP contribution in [0.25, 0.3) is 0 Å². The van der Waals surface area contributed by atoms with E-state index in [0.717, 1.165) is 24.2 Å². The summed E-state index contributed by atoms with van der Waals surface area (Å²) in [6, 6.07) is 5.12. The Morgan fingerprint density at radius 1 is 1.19 bits per heavy atom. The highest BCUT2D eigenvalue weighted by Crippen LogP contribution is 2.30. The van der Waals surface area contributed by atoms with Gasteiger partial charge in [0.25, 0.3) is 0 Å². The zero-order valence-corrected chi connectivity index (χ0v) is 13.0. The lowest BCUT2D eigenvalue weighted by Crippen LogP contribution is -2.63. The van der Waals surface area contributed by atoms with Gasteiger partial charge in [0.15, 0.2) is 0 Å². The summed E-state index contributed by atoms with van der Waals surface area (Å²) in [5.41, 5.74) is 0.925. The molecule has 2 N–H and O–H groups in total. The quantitative estimate of drug-likeness (QED) is 0.836. The van der Waals surface area contributed by atoms with Crippen LogP contribution in [0.4, 0.5) is 5.69 Å². The molecule has 0 spiro atoms. The number of nitrogens with zero attached hydrogens (tertiary/aromatic N) is 1. The molecule has 114 valence electrons. The number of sulfonamides is 1. The molecule has 0 aromatic heterocycles. The van der Waals surface area contributed by atoms with Gasteiger partial charge in [-0.1, -0.05) is 0 Å². The van der Waals surface area contributed by atoms with Crippen LogP contribution in [-0.4, -0.2) is 43.8 Å². The molecule has 0 bridgehead atoms. The van der Waals surface area contributed by atoms with Crippen molar-refractivity contribution in [2.24, 2.45) is 0 Å². The van der Waals surface area contributed by atoms with Crippen molar-refractivity contribution in [3.05, 3.63) is 23.8 Å². The Morgan fingerprint density at radius 2 is 1.95 bits per heavy atom. The summed E-state index contributed by atoms with van der Waals surface area (Å²) in [5, 5.41) is 5.92. The second-order valence-corrected chi connectivity index (χ2v) is 7.75. The molecular formula is C14H19N3O3S. The lowest BCUT2D eigenvalue weighted by Gasteiger charge is -2.39. The molecule has 0 saturated carbocycles. The van der Waals surface area contributed by atoms with E-state index < -0.39 is 15.6 Å². The number of fused-ring (bicyclic) bond motifs is 1. The normalized spacial score (nSPS) is 21.5. The van der Waals surface area contributed by atoms with Gasteiger partial charge in [0, 0.05) is 25.3 Å². The van der Waals surface area contributed by atoms with E-state index in [4.69, 9.17) is 0 Å². The second kappa shape index (κ2) is 4.71. The van der Waals surface area contributed by atoms with Gasteiger partial charge in [-0.3, -0.25) is 4.79 Å². The molecule has 0 radical (unpaired) electrons. The van der Waals surface area contributed by atoms with E-state index in [0.29, 0.717) is 6.54 Å². The van der Waals surface area contributed by atoms with Crippen molar-refractivity contribution in [1.29, 1.82) is 0 Å². The Morgan fingerprint density at radius 3 is 2.71 bits per heavy atom. The van der Waals surface area contributed by atoms with Gasteiger partial charge < -0.3 is 10.6 Å². The van der Waals surface area contributed by atoms with Crippen LogP contribution >= 0.6 is 0 Å². The van der Waals surface area contributed by atoms with E-state index in [9.17, 15) is 13.2 Å². The first-order valence-electron chi connectivity index (χ1n) is 7.01. The first-order chi connectivity index (χ1) is 9.83. The number of hydrogen-bond acceptors (Lipinski definition) is 4. The Labute approximate surface area is 124 Å². The maximum atomic E-state index is 12.9. The summed E-state index contributed by atoms with van der Waals surface area (Å²) in [7, 11) is -3.68. The number of carbonyl (C=O) groups is 1. The van der Waals surface area contributed by atoms with E-state index in [1.807, 2.05) is 0 Å². The van der Waals surface area contributed by atoms with Gasteiger partial charge in [-0.25, -0.2) is 8.42 Å². The van der Waals surface area contributed by atoms with E-state index in [-0.39, 0.29) is 17.3 Å². The maximum Gasteiger partial charge on any atom is 0.244 e. The Kier molecular flexibility index (Phi) is 3.22. The van der Waals surface area contributed by atoms with Gasteiger partial charge in [0.2, 0.25) is 15.9 Å². The second-order valence-electron chi connectivity index (χ2n) is 5.89. The number of nitrogens with one attached hydrogen (secondary N) is 2. The fraction of sp³-hybridized carbons (Fsp3) is 0.500. The molecule has 2 heterocycles. The van der Waals surface area contributed by atoms with Crippen LogP contribution in [-0.2, 0) is 21.2 Å². The highest BCUT2D eigenvalue weighted by atomic mass is 32.2. The fourth-order valence-electron chi connectivity index (χ4n) is 2.87. The molecule has 0 aliphatic carbocycles. The Balaban J connectivity index is 2.02. The van der Waals surface area contributed by atoms with Crippen molar-refractivity contribution in [3.8, 4) is 0 Å². The van der Waals surface area contributed by atoms with E-state index in [2.05, 4.69) is 10.6 Å². The standard InChI is InChI=1S/C14H19N3O3S/c1-14(2)13(18)16-7-8-17(14)21(19,20)11-3-4-12-10(9-11)5-6-15-12/h3-4,9,15H,5-8H2,1-2H3,(H,16,18). The van der Waals surface area contributed by atoms with Gasteiger partial charge in [-0.05, 0) is 44.0 Å². The van der Waals surface area contributed by atoms with Gasteiger partial charge in [0.05, 0.1) is 4.90 Å². The van der Waals surface area contributed by atoms with E-state index in [1.54, 1.807) is 32.0 Å².